The summed E-state index contributed by atoms with van der Waals surface area (Å²) in [5.41, 5.74) is 4.43. The molecule has 0 spiro atoms. The number of allylic oxidation sites excluding steroid dienone is 1. The van der Waals surface area contributed by atoms with Crippen molar-refractivity contribution in [2.75, 3.05) is 13.2 Å². The van der Waals surface area contributed by atoms with E-state index in [1.807, 2.05) is 54.6 Å². The minimum atomic E-state index is -3.90. The Balaban J connectivity index is 1.21. The molecule has 2 aromatic rings. The highest BCUT2D eigenvalue weighted by Gasteiger charge is 2.62. The molecule has 15 heteroatoms. The van der Waals surface area contributed by atoms with E-state index in [-0.39, 0.29) is 25.8 Å². The van der Waals surface area contributed by atoms with Crippen molar-refractivity contribution < 1.29 is 41.9 Å². The van der Waals surface area contributed by atoms with E-state index in [1.165, 1.54) is 11.1 Å². The molecule has 1 aliphatic heterocycles. The molecule has 56 heavy (non-hydrogen) atoms. The van der Waals surface area contributed by atoms with Crippen LogP contribution in [0.2, 0.25) is 0 Å². The molecule has 5 atom stereocenters. The molecule has 5 aliphatic rings. The molecule has 3 fully saturated rings. The van der Waals surface area contributed by atoms with E-state index in [0.29, 0.717) is 50.2 Å². The zero-order valence-corrected chi connectivity index (χ0v) is 32.7. The molecule has 14 nitrogen and oxygen atoms in total. The smallest absolute Gasteiger partial charge is 0.426 e. The van der Waals surface area contributed by atoms with Crippen molar-refractivity contribution in [3.05, 3.63) is 78.4 Å². The van der Waals surface area contributed by atoms with Crippen LogP contribution in [-0.2, 0) is 34.0 Å². The number of carbonyl (C=O) groups is 4. The average Bonchev–Trinajstić information content (AvgIpc) is 4.06. The molecule has 4 bridgehead atoms. The van der Waals surface area contributed by atoms with Crippen molar-refractivity contribution in [1.82, 2.24) is 20.5 Å². The Kier molecular flexibility index (Phi) is 10.7. The van der Waals surface area contributed by atoms with Gasteiger partial charge >= 0.3 is 6.09 Å². The van der Waals surface area contributed by atoms with Crippen LogP contribution in [0.4, 0.5) is 4.79 Å². The number of hydrogen-bond acceptors (Lipinski definition) is 10. The molecule has 3 saturated carbocycles. The molecule has 298 valence electrons. The second-order valence-corrected chi connectivity index (χ2v) is 18.1. The van der Waals surface area contributed by atoms with Crippen LogP contribution in [0.5, 0.6) is 5.75 Å². The number of nitrogens with one attached hydrogen (secondary N) is 3. The summed E-state index contributed by atoms with van der Waals surface area (Å²) in [6.07, 6.45) is 7.01. The van der Waals surface area contributed by atoms with Gasteiger partial charge in [0.15, 0.2) is 0 Å². The Morgan fingerprint density at radius 1 is 1.02 bits per heavy atom. The van der Waals surface area contributed by atoms with Crippen LogP contribution in [0.15, 0.2) is 72.4 Å². The minimum Gasteiger partial charge on any atom is -0.490 e. The molecule has 0 aromatic heterocycles. The first-order valence-corrected chi connectivity index (χ1v) is 20.8. The third-order valence-electron chi connectivity index (χ3n) is 10.8. The van der Waals surface area contributed by atoms with Gasteiger partial charge in [-0.1, -0.05) is 47.6 Å². The molecule has 0 radical (unpaired) electrons. The number of nitrogens with zero attached hydrogens (tertiary/aromatic N) is 2. The molecular formula is C41H49N5O9S. The van der Waals surface area contributed by atoms with Crippen LogP contribution in [0, 0.1) is 17.8 Å². The molecule has 0 unspecified atom stereocenters. The van der Waals surface area contributed by atoms with Gasteiger partial charge in [0.2, 0.25) is 21.8 Å². The number of rotatable bonds is 7. The molecule has 4 aliphatic carbocycles. The summed E-state index contributed by atoms with van der Waals surface area (Å²) in [7, 11) is -3.90. The number of carbonyl (C=O) groups excluding carboxylic acids is 4. The zero-order valence-electron chi connectivity index (χ0n) is 31.9. The van der Waals surface area contributed by atoms with Gasteiger partial charge in [0.25, 0.3) is 5.91 Å². The first kappa shape index (κ1) is 39.1. The zero-order chi connectivity index (χ0) is 39.8. The maximum absolute atomic E-state index is 14.6. The Morgan fingerprint density at radius 2 is 1.77 bits per heavy atom. The van der Waals surface area contributed by atoms with Crippen LogP contribution < -0.4 is 20.2 Å². The SMILES string of the molecule is C=C[C@H]1C[C@]1(NC(=O)[C@@H]1C[C@@H]2C[C@H]1C(=O)N(NC(=O)OC(C)(C)C)CCCC/C=C\COc1ccc3c(c1)/C(=N\O2)c1ccccc1-3)C(=O)NS(=O)(=O)C1CC1. The third kappa shape index (κ3) is 8.32. The fourth-order valence-electron chi connectivity index (χ4n) is 7.70. The largest absolute Gasteiger partial charge is 0.490 e. The number of oxime groups is 1. The summed E-state index contributed by atoms with van der Waals surface area (Å²) < 4.78 is 39.2. The summed E-state index contributed by atoms with van der Waals surface area (Å²) in [5.74, 6) is -3.85. The number of sulfonamides is 1. The lowest BCUT2D eigenvalue weighted by molar-refractivity contribution is -0.144. The normalized spacial score (nSPS) is 27.7. The van der Waals surface area contributed by atoms with Gasteiger partial charge in [0.1, 0.15) is 35.3 Å². The highest BCUT2D eigenvalue weighted by Crippen LogP contribution is 2.47. The topological polar surface area (TPSA) is 182 Å². The van der Waals surface area contributed by atoms with Crippen LogP contribution >= 0.6 is 0 Å². The number of hydrogen-bond donors (Lipinski definition) is 3. The van der Waals surface area contributed by atoms with E-state index in [4.69, 9.17) is 14.3 Å². The molecule has 7 rings (SSSR count). The van der Waals surface area contributed by atoms with Crippen LogP contribution in [-0.4, -0.2) is 78.6 Å². The number of hydrazine groups is 1. The highest BCUT2D eigenvalue weighted by molar-refractivity contribution is 7.91. The van der Waals surface area contributed by atoms with Crippen molar-refractivity contribution in [1.29, 1.82) is 0 Å². The monoisotopic (exact) mass is 787 g/mol. The molecule has 1 heterocycles. The first-order valence-electron chi connectivity index (χ1n) is 19.3. The number of ether oxygens (including phenoxy) is 2. The number of amides is 4. The van der Waals surface area contributed by atoms with Crippen molar-refractivity contribution in [3.63, 3.8) is 0 Å². The van der Waals surface area contributed by atoms with Gasteiger partial charge in [-0.15, -0.1) is 6.58 Å². The second-order valence-electron chi connectivity index (χ2n) is 16.2. The molecule has 0 saturated heterocycles. The predicted octanol–water partition coefficient (Wildman–Crippen LogP) is 4.89. The fourth-order valence-corrected chi connectivity index (χ4v) is 9.07. The lowest BCUT2D eigenvalue weighted by Gasteiger charge is -2.30. The van der Waals surface area contributed by atoms with Crippen molar-refractivity contribution in [2.24, 2.45) is 22.9 Å². The van der Waals surface area contributed by atoms with Crippen LogP contribution in [0.3, 0.4) is 0 Å². The van der Waals surface area contributed by atoms with Gasteiger partial charge in [0, 0.05) is 23.6 Å². The van der Waals surface area contributed by atoms with Gasteiger partial charge in [0.05, 0.1) is 17.1 Å². The van der Waals surface area contributed by atoms with Gasteiger partial charge in [-0.05, 0) is 101 Å². The summed E-state index contributed by atoms with van der Waals surface area (Å²) in [5, 5.41) is 8.04. The van der Waals surface area contributed by atoms with E-state index in [1.54, 1.807) is 20.8 Å². The number of benzene rings is 2. The standard InChI is InChI=1S/C41H49N5O9S/c1-5-25-24-41(25,38(49)45-56(51,52)28-16-17-28)42-36(47)33-22-27-23-34(33)37(48)46(43-39(50)54-40(2,3)4)19-11-7-6-8-12-20-53-26-15-18-30-29-13-9-10-14-31(29)35(44-55-27)32(30)21-26/h5,8-10,12-15,18,21,25,27-28,33-34H,1,6-7,11,16-17,19-20,22-24H2,2-4H3,(H,42,47)(H,43,50)(H,45,49)/b12-8-,44-35-/t25-,27+,33+,34+,41+/m0/s1. The minimum absolute atomic E-state index is 0.0541. The summed E-state index contributed by atoms with van der Waals surface area (Å²) in [6, 6.07) is 13.7. The van der Waals surface area contributed by atoms with E-state index < -0.39 is 74.1 Å². The Bertz CT molecular complexity index is 2090. The maximum Gasteiger partial charge on any atom is 0.426 e. The molecule has 4 amide bonds. The molecular weight excluding hydrogens is 739 g/mol. The van der Waals surface area contributed by atoms with Crippen molar-refractivity contribution in [2.45, 2.75) is 94.6 Å². The fraction of sp³-hybridized carbons (Fsp3) is 0.488. The van der Waals surface area contributed by atoms with Gasteiger partial charge in [-0.25, -0.2) is 18.6 Å². The Morgan fingerprint density at radius 3 is 2.48 bits per heavy atom. The second kappa shape index (κ2) is 15.4. The van der Waals surface area contributed by atoms with E-state index >= 15 is 0 Å². The van der Waals surface area contributed by atoms with E-state index in [2.05, 4.69) is 27.2 Å². The lowest BCUT2D eigenvalue weighted by atomic mass is 9.93. The summed E-state index contributed by atoms with van der Waals surface area (Å²) in [4.78, 5) is 61.7. The Labute approximate surface area is 327 Å². The van der Waals surface area contributed by atoms with Crippen LogP contribution in [0.25, 0.3) is 11.1 Å². The quantitative estimate of drug-likeness (QED) is 0.281. The number of fused-ring (bicyclic) bond motifs is 6. The van der Waals surface area contributed by atoms with Gasteiger partial charge < -0.3 is 19.6 Å². The summed E-state index contributed by atoms with van der Waals surface area (Å²) in [6.45, 7) is 9.43. The average molecular weight is 788 g/mol. The van der Waals surface area contributed by atoms with E-state index in [0.717, 1.165) is 22.3 Å². The maximum atomic E-state index is 14.6. The Hall–Kier alpha value is -5.18. The van der Waals surface area contributed by atoms with Gasteiger partial charge in [-0.3, -0.25) is 24.1 Å². The summed E-state index contributed by atoms with van der Waals surface area (Å²) >= 11 is 0. The highest BCUT2D eigenvalue weighted by atomic mass is 32.2. The first-order chi connectivity index (χ1) is 26.7. The van der Waals surface area contributed by atoms with Crippen LogP contribution in [0.1, 0.15) is 83.3 Å². The van der Waals surface area contributed by atoms with Crippen molar-refractivity contribution in [3.8, 4) is 16.9 Å². The van der Waals surface area contributed by atoms with Gasteiger partial charge in [-0.2, -0.15) is 0 Å². The lowest BCUT2D eigenvalue weighted by Crippen LogP contribution is -2.55. The van der Waals surface area contributed by atoms with E-state index in [9.17, 15) is 27.6 Å². The molecule has 2 aromatic carbocycles. The molecule has 3 N–H and O–H groups in total. The predicted molar refractivity (Wildman–Crippen MR) is 207 cm³/mol. The van der Waals surface area contributed by atoms with Crippen molar-refractivity contribution >= 4 is 39.5 Å². The third-order valence-corrected chi connectivity index (χ3v) is 12.7.